The largest absolute Gasteiger partial charge is 0.290 e. The molecule has 0 aliphatic carbocycles. The first-order valence-electron chi connectivity index (χ1n) is 4.35. The van der Waals surface area contributed by atoms with Gasteiger partial charge >= 0.3 is 0 Å². The van der Waals surface area contributed by atoms with Crippen LogP contribution in [0.1, 0.15) is 20.3 Å². The van der Waals surface area contributed by atoms with Gasteiger partial charge in [0.05, 0.1) is 0 Å². The minimum Gasteiger partial charge on any atom is -0.290 e. The summed E-state index contributed by atoms with van der Waals surface area (Å²) in [6.07, 6.45) is 1.25. The van der Waals surface area contributed by atoms with E-state index >= 15 is 0 Å². The molecule has 0 aromatic rings. The number of rotatable bonds is 3. The van der Waals surface area contributed by atoms with Crippen molar-refractivity contribution in [2.45, 2.75) is 31.8 Å². The summed E-state index contributed by atoms with van der Waals surface area (Å²) in [4.78, 5) is 2.35. The first kappa shape index (κ1) is 9.36. The molecule has 1 saturated heterocycles. The SMILES string of the molecule is CCC1CSC(N(C)CC)N1. The molecule has 1 fully saturated rings. The van der Waals surface area contributed by atoms with Crippen LogP contribution in [0, 0.1) is 0 Å². The molecule has 0 bridgehead atoms. The van der Waals surface area contributed by atoms with Crippen molar-refractivity contribution in [2.75, 3.05) is 19.3 Å². The second-order valence-electron chi connectivity index (χ2n) is 3.03. The van der Waals surface area contributed by atoms with Gasteiger partial charge in [-0.1, -0.05) is 13.8 Å². The quantitative estimate of drug-likeness (QED) is 0.695. The van der Waals surface area contributed by atoms with E-state index in [1.807, 2.05) is 11.8 Å². The summed E-state index contributed by atoms with van der Waals surface area (Å²) in [6.45, 7) is 5.56. The van der Waals surface area contributed by atoms with E-state index in [1.165, 1.54) is 12.2 Å². The fourth-order valence-corrected chi connectivity index (χ4v) is 2.60. The van der Waals surface area contributed by atoms with Gasteiger partial charge in [-0.15, -0.1) is 11.8 Å². The van der Waals surface area contributed by atoms with Gasteiger partial charge in [-0.2, -0.15) is 0 Å². The van der Waals surface area contributed by atoms with Crippen LogP contribution in [-0.2, 0) is 0 Å². The molecule has 1 aliphatic rings. The first-order chi connectivity index (χ1) is 5.27. The van der Waals surface area contributed by atoms with Crippen LogP contribution in [0.2, 0.25) is 0 Å². The van der Waals surface area contributed by atoms with Gasteiger partial charge < -0.3 is 0 Å². The van der Waals surface area contributed by atoms with E-state index < -0.39 is 0 Å². The van der Waals surface area contributed by atoms with Gasteiger partial charge in [0, 0.05) is 11.8 Å². The minimum atomic E-state index is 0.560. The summed E-state index contributed by atoms with van der Waals surface area (Å²) in [6, 6.07) is 0.735. The van der Waals surface area contributed by atoms with Crippen LogP contribution in [0.15, 0.2) is 0 Å². The standard InChI is InChI=1S/C8H18N2S/c1-4-7-6-11-8(9-7)10(3)5-2/h7-9H,4-6H2,1-3H3. The van der Waals surface area contributed by atoms with Crippen LogP contribution >= 0.6 is 11.8 Å². The molecule has 2 atom stereocenters. The molecule has 0 saturated carbocycles. The van der Waals surface area contributed by atoms with E-state index in [1.54, 1.807) is 0 Å². The lowest BCUT2D eigenvalue weighted by Crippen LogP contribution is -2.40. The Morgan fingerprint density at radius 1 is 1.55 bits per heavy atom. The zero-order chi connectivity index (χ0) is 8.27. The van der Waals surface area contributed by atoms with E-state index in [0.717, 1.165) is 12.6 Å². The highest BCUT2D eigenvalue weighted by atomic mass is 32.2. The maximum Gasteiger partial charge on any atom is 0.108 e. The molecular formula is C8H18N2S. The third kappa shape index (κ3) is 2.36. The molecule has 0 amide bonds. The summed E-state index contributed by atoms with van der Waals surface area (Å²) < 4.78 is 0. The molecule has 1 rings (SSSR count). The number of hydrogen-bond donors (Lipinski definition) is 1. The van der Waals surface area contributed by atoms with Gasteiger partial charge in [0.25, 0.3) is 0 Å². The van der Waals surface area contributed by atoms with Crippen LogP contribution in [0.4, 0.5) is 0 Å². The van der Waals surface area contributed by atoms with Crippen LogP contribution in [0.3, 0.4) is 0 Å². The summed E-state index contributed by atoms with van der Waals surface area (Å²) >= 11 is 2.02. The zero-order valence-electron chi connectivity index (χ0n) is 7.63. The van der Waals surface area contributed by atoms with E-state index in [2.05, 4.69) is 31.1 Å². The molecule has 3 heteroatoms. The van der Waals surface area contributed by atoms with Gasteiger partial charge in [0.15, 0.2) is 0 Å². The molecule has 2 unspecified atom stereocenters. The van der Waals surface area contributed by atoms with Gasteiger partial charge in [0.1, 0.15) is 5.50 Å². The second kappa shape index (κ2) is 4.33. The van der Waals surface area contributed by atoms with Crippen molar-refractivity contribution in [2.24, 2.45) is 0 Å². The highest BCUT2D eigenvalue weighted by Crippen LogP contribution is 2.21. The molecule has 1 aliphatic heterocycles. The number of thioether (sulfide) groups is 1. The highest BCUT2D eigenvalue weighted by molar-refractivity contribution is 8.00. The lowest BCUT2D eigenvalue weighted by Gasteiger charge is -2.22. The number of hydrogen-bond acceptors (Lipinski definition) is 3. The van der Waals surface area contributed by atoms with Crippen molar-refractivity contribution in [1.29, 1.82) is 0 Å². The van der Waals surface area contributed by atoms with Crippen molar-refractivity contribution >= 4 is 11.8 Å². The van der Waals surface area contributed by atoms with Crippen molar-refractivity contribution in [3.8, 4) is 0 Å². The lowest BCUT2D eigenvalue weighted by atomic mass is 10.3. The van der Waals surface area contributed by atoms with Crippen molar-refractivity contribution < 1.29 is 0 Å². The van der Waals surface area contributed by atoms with Crippen molar-refractivity contribution in [3.63, 3.8) is 0 Å². The summed E-state index contributed by atoms with van der Waals surface area (Å²) in [5.41, 5.74) is 0.560. The first-order valence-corrected chi connectivity index (χ1v) is 5.40. The lowest BCUT2D eigenvalue weighted by molar-refractivity contribution is 0.286. The highest BCUT2D eigenvalue weighted by Gasteiger charge is 2.24. The van der Waals surface area contributed by atoms with Crippen molar-refractivity contribution in [3.05, 3.63) is 0 Å². The predicted molar refractivity (Wildman–Crippen MR) is 51.8 cm³/mol. The smallest absolute Gasteiger partial charge is 0.108 e. The molecule has 11 heavy (non-hydrogen) atoms. The van der Waals surface area contributed by atoms with E-state index in [4.69, 9.17) is 0 Å². The molecule has 0 aromatic heterocycles. The Morgan fingerprint density at radius 2 is 2.27 bits per heavy atom. The normalized spacial score (nSPS) is 31.6. The third-order valence-electron chi connectivity index (χ3n) is 2.23. The molecule has 1 N–H and O–H groups in total. The Kier molecular flexibility index (Phi) is 3.69. The minimum absolute atomic E-state index is 0.560. The van der Waals surface area contributed by atoms with E-state index in [0.29, 0.717) is 5.50 Å². The maximum absolute atomic E-state index is 3.58. The Hall–Kier alpha value is 0.270. The van der Waals surface area contributed by atoms with Crippen LogP contribution < -0.4 is 5.32 Å². The van der Waals surface area contributed by atoms with E-state index in [9.17, 15) is 0 Å². The van der Waals surface area contributed by atoms with Gasteiger partial charge in [-0.05, 0) is 20.0 Å². The number of nitrogens with zero attached hydrogens (tertiary/aromatic N) is 1. The Bertz CT molecular complexity index is 119. The second-order valence-corrected chi connectivity index (χ2v) is 4.14. The molecule has 2 nitrogen and oxygen atoms in total. The fraction of sp³-hybridized carbons (Fsp3) is 1.00. The average molecular weight is 174 g/mol. The van der Waals surface area contributed by atoms with Gasteiger partial charge in [-0.25, -0.2) is 0 Å². The fourth-order valence-electron chi connectivity index (χ4n) is 1.16. The van der Waals surface area contributed by atoms with Crippen LogP contribution in [0.25, 0.3) is 0 Å². The van der Waals surface area contributed by atoms with Gasteiger partial charge in [-0.3, -0.25) is 10.2 Å². The predicted octanol–water partition coefficient (Wildman–Crippen LogP) is 1.34. The van der Waals surface area contributed by atoms with Crippen LogP contribution in [0.5, 0.6) is 0 Å². The average Bonchev–Trinajstić information content (AvgIpc) is 2.50. The van der Waals surface area contributed by atoms with E-state index in [-0.39, 0.29) is 0 Å². The van der Waals surface area contributed by atoms with Gasteiger partial charge in [0.2, 0.25) is 0 Å². The summed E-state index contributed by atoms with van der Waals surface area (Å²) in [5, 5.41) is 3.58. The monoisotopic (exact) mass is 174 g/mol. The Balaban J connectivity index is 2.29. The molecule has 66 valence electrons. The third-order valence-corrected chi connectivity index (χ3v) is 3.63. The summed E-state index contributed by atoms with van der Waals surface area (Å²) in [7, 11) is 2.17. The van der Waals surface area contributed by atoms with Crippen LogP contribution in [-0.4, -0.2) is 35.8 Å². The number of nitrogens with one attached hydrogen (secondary N) is 1. The zero-order valence-corrected chi connectivity index (χ0v) is 8.45. The van der Waals surface area contributed by atoms with Crippen molar-refractivity contribution in [1.82, 2.24) is 10.2 Å². The summed E-state index contributed by atoms with van der Waals surface area (Å²) in [5.74, 6) is 1.27. The molecule has 0 aromatic carbocycles. The topological polar surface area (TPSA) is 15.3 Å². The molecule has 1 heterocycles. The Morgan fingerprint density at radius 3 is 2.73 bits per heavy atom. The Labute approximate surface area is 73.7 Å². The molecule has 0 spiro atoms. The molecular weight excluding hydrogens is 156 g/mol. The maximum atomic E-state index is 3.58. The molecule has 0 radical (unpaired) electrons.